The molecule has 1 unspecified atom stereocenters. The van der Waals surface area contributed by atoms with Crippen LogP contribution in [0.2, 0.25) is 5.02 Å². The summed E-state index contributed by atoms with van der Waals surface area (Å²) in [6.07, 6.45) is 0.922. The lowest BCUT2D eigenvalue weighted by atomic mass is 9.96. The second kappa shape index (κ2) is 6.02. The van der Waals surface area contributed by atoms with Gasteiger partial charge in [-0.15, -0.1) is 0 Å². The zero-order valence-corrected chi connectivity index (χ0v) is 13.4. The second-order valence-corrected chi connectivity index (χ2v) is 7.96. The molecule has 2 N–H and O–H groups in total. The van der Waals surface area contributed by atoms with E-state index in [4.69, 9.17) is 17.3 Å². The summed E-state index contributed by atoms with van der Waals surface area (Å²) in [6, 6.07) is 4.78. The molecule has 0 radical (unpaired) electrons. The molecule has 1 fully saturated rings. The van der Waals surface area contributed by atoms with E-state index in [1.807, 2.05) is 0 Å². The number of rotatable bonds is 4. The van der Waals surface area contributed by atoms with Crippen LogP contribution in [-0.2, 0) is 16.6 Å². The molecule has 0 aromatic heterocycles. The SMILES string of the molecule is CC(C)C1CCN(S(=O)(=O)c2ccc(CN)c(Cl)c2)C1. The fraction of sp³-hybridized carbons (Fsp3) is 0.571. The first-order chi connectivity index (χ1) is 9.36. The predicted octanol–water partition coefficient (Wildman–Crippen LogP) is 2.47. The number of halogens is 1. The Kier molecular flexibility index (Phi) is 4.74. The molecule has 1 aliphatic heterocycles. The Labute approximate surface area is 126 Å². The summed E-state index contributed by atoms with van der Waals surface area (Å²) in [4.78, 5) is 0.254. The maximum atomic E-state index is 12.6. The van der Waals surface area contributed by atoms with Gasteiger partial charge in [-0.05, 0) is 36.0 Å². The van der Waals surface area contributed by atoms with Crippen molar-refractivity contribution in [2.75, 3.05) is 13.1 Å². The van der Waals surface area contributed by atoms with E-state index in [-0.39, 0.29) is 4.90 Å². The maximum Gasteiger partial charge on any atom is 0.243 e. The second-order valence-electron chi connectivity index (χ2n) is 5.61. The first-order valence-electron chi connectivity index (χ1n) is 6.85. The van der Waals surface area contributed by atoms with E-state index in [1.165, 1.54) is 6.07 Å². The van der Waals surface area contributed by atoms with Gasteiger partial charge in [0.25, 0.3) is 0 Å². The Morgan fingerprint density at radius 2 is 2.15 bits per heavy atom. The summed E-state index contributed by atoms with van der Waals surface area (Å²) < 4.78 is 26.7. The molecule has 0 amide bonds. The van der Waals surface area contributed by atoms with Crippen LogP contribution in [0.4, 0.5) is 0 Å². The molecule has 1 aromatic rings. The van der Waals surface area contributed by atoms with Crippen molar-refractivity contribution in [3.8, 4) is 0 Å². The largest absolute Gasteiger partial charge is 0.326 e. The van der Waals surface area contributed by atoms with Crippen LogP contribution in [-0.4, -0.2) is 25.8 Å². The quantitative estimate of drug-likeness (QED) is 0.928. The number of hydrogen-bond acceptors (Lipinski definition) is 3. The minimum atomic E-state index is -3.44. The van der Waals surface area contributed by atoms with Crippen molar-refractivity contribution >= 4 is 21.6 Å². The molecular weight excluding hydrogens is 296 g/mol. The van der Waals surface area contributed by atoms with Gasteiger partial charge in [-0.25, -0.2) is 8.42 Å². The molecule has 0 spiro atoms. The standard InChI is InChI=1S/C14H21ClN2O2S/c1-10(2)12-5-6-17(9-12)20(18,19)13-4-3-11(8-16)14(15)7-13/h3-4,7,10,12H,5-6,8-9,16H2,1-2H3. The topological polar surface area (TPSA) is 63.4 Å². The van der Waals surface area contributed by atoms with Gasteiger partial charge in [0, 0.05) is 24.7 Å². The highest BCUT2D eigenvalue weighted by Crippen LogP contribution is 2.30. The highest BCUT2D eigenvalue weighted by molar-refractivity contribution is 7.89. The summed E-state index contributed by atoms with van der Waals surface area (Å²) in [7, 11) is -3.44. The van der Waals surface area contributed by atoms with Crippen molar-refractivity contribution in [3.63, 3.8) is 0 Å². The molecule has 4 nitrogen and oxygen atoms in total. The smallest absolute Gasteiger partial charge is 0.243 e. The molecule has 0 saturated carbocycles. The lowest BCUT2D eigenvalue weighted by Gasteiger charge is -2.18. The molecule has 0 bridgehead atoms. The van der Waals surface area contributed by atoms with Crippen LogP contribution in [0.15, 0.2) is 23.1 Å². The van der Waals surface area contributed by atoms with Crippen LogP contribution in [0.5, 0.6) is 0 Å². The highest BCUT2D eigenvalue weighted by atomic mass is 35.5. The van der Waals surface area contributed by atoms with Crippen molar-refractivity contribution in [2.24, 2.45) is 17.6 Å². The molecule has 1 heterocycles. The third kappa shape index (κ3) is 3.01. The Hall–Kier alpha value is -0.620. The van der Waals surface area contributed by atoms with E-state index in [0.29, 0.717) is 36.5 Å². The monoisotopic (exact) mass is 316 g/mol. The maximum absolute atomic E-state index is 12.6. The Morgan fingerprint density at radius 3 is 2.65 bits per heavy atom. The van der Waals surface area contributed by atoms with Gasteiger partial charge in [0.1, 0.15) is 0 Å². The van der Waals surface area contributed by atoms with Crippen LogP contribution >= 0.6 is 11.6 Å². The van der Waals surface area contributed by atoms with Gasteiger partial charge in [-0.2, -0.15) is 4.31 Å². The highest BCUT2D eigenvalue weighted by Gasteiger charge is 2.33. The average molecular weight is 317 g/mol. The van der Waals surface area contributed by atoms with Crippen molar-refractivity contribution in [1.82, 2.24) is 4.31 Å². The summed E-state index contributed by atoms with van der Waals surface area (Å²) in [6.45, 7) is 5.75. The van der Waals surface area contributed by atoms with E-state index >= 15 is 0 Å². The number of benzene rings is 1. The number of nitrogens with zero attached hydrogens (tertiary/aromatic N) is 1. The summed E-state index contributed by atoms with van der Waals surface area (Å²) in [5, 5.41) is 0.410. The molecule has 1 aromatic carbocycles. The molecule has 112 valence electrons. The molecule has 20 heavy (non-hydrogen) atoms. The van der Waals surface area contributed by atoms with Crippen molar-refractivity contribution in [3.05, 3.63) is 28.8 Å². The lowest BCUT2D eigenvalue weighted by Crippen LogP contribution is -2.29. The first kappa shape index (κ1) is 15.8. The van der Waals surface area contributed by atoms with Crippen molar-refractivity contribution in [1.29, 1.82) is 0 Å². The summed E-state index contributed by atoms with van der Waals surface area (Å²) in [5.41, 5.74) is 6.30. The van der Waals surface area contributed by atoms with Crippen molar-refractivity contribution in [2.45, 2.75) is 31.7 Å². The fourth-order valence-electron chi connectivity index (χ4n) is 2.52. The van der Waals surface area contributed by atoms with E-state index in [1.54, 1.807) is 16.4 Å². The Balaban J connectivity index is 2.25. The van der Waals surface area contributed by atoms with Gasteiger partial charge in [0.15, 0.2) is 0 Å². The minimum absolute atomic E-state index is 0.254. The van der Waals surface area contributed by atoms with E-state index < -0.39 is 10.0 Å². The van der Waals surface area contributed by atoms with Gasteiger partial charge in [0.05, 0.1) is 4.90 Å². The summed E-state index contributed by atoms with van der Waals surface area (Å²) >= 11 is 6.06. The van der Waals surface area contributed by atoms with E-state index in [2.05, 4.69) is 13.8 Å². The predicted molar refractivity (Wildman–Crippen MR) is 81.0 cm³/mol. The van der Waals surface area contributed by atoms with Gasteiger partial charge in [0.2, 0.25) is 10.0 Å². The van der Waals surface area contributed by atoms with E-state index in [0.717, 1.165) is 12.0 Å². The Morgan fingerprint density at radius 1 is 1.45 bits per heavy atom. The zero-order chi connectivity index (χ0) is 14.9. The summed E-state index contributed by atoms with van der Waals surface area (Å²) in [5.74, 6) is 0.932. The third-order valence-electron chi connectivity index (χ3n) is 4.01. The molecule has 1 aliphatic rings. The van der Waals surface area contributed by atoms with Crippen LogP contribution in [0.1, 0.15) is 25.8 Å². The van der Waals surface area contributed by atoms with Crippen LogP contribution in [0.3, 0.4) is 0 Å². The van der Waals surface area contributed by atoms with Gasteiger partial charge in [-0.3, -0.25) is 0 Å². The minimum Gasteiger partial charge on any atom is -0.326 e. The van der Waals surface area contributed by atoms with Gasteiger partial charge in [-0.1, -0.05) is 31.5 Å². The third-order valence-corrected chi connectivity index (χ3v) is 6.23. The van der Waals surface area contributed by atoms with Gasteiger partial charge >= 0.3 is 0 Å². The van der Waals surface area contributed by atoms with E-state index in [9.17, 15) is 8.42 Å². The number of hydrogen-bond donors (Lipinski definition) is 1. The molecular formula is C14H21ClN2O2S. The van der Waals surface area contributed by atoms with Gasteiger partial charge < -0.3 is 5.73 Å². The normalized spacial score (nSPS) is 20.8. The molecule has 6 heteroatoms. The number of sulfonamides is 1. The van der Waals surface area contributed by atoms with Crippen LogP contribution < -0.4 is 5.73 Å². The number of nitrogens with two attached hydrogens (primary N) is 1. The first-order valence-corrected chi connectivity index (χ1v) is 8.66. The lowest BCUT2D eigenvalue weighted by molar-refractivity contribution is 0.388. The average Bonchev–Trinajstić information content (AvgIpc) is 2.89. The van der Waals surface area contributed by atoms with Crippen LogP contribution in [0, 0.1) is 11.8 Å². The Bertz CT molecular complexity index is 587. The fourth-order valence-corrected chi connectivity index (χ4v) is 4.38. The molecule has 0 aliphatic carbocycles. The molecule has 2 rings (SSSR count). The van der Waals surface area contributed by atoms with Crippen LogP contribution in [0.25, 0.3) is 0 Å². The molecule has 1 saturated heterocycles. The zero-order valence-electron chi connectivity index (χ0n) is 11.8. The van der Waals surface area contributed by atoms with Crippen molar-refractivity contribution < 1.29 is 8.42 Å². The molecule has 1 atom stereocenters.